The fourth-order valence-electron chi connectivity index (χ4n) is 2.74. The number of aliphatic hydroxyl groups excluding tert-OH is 1. The summed E-state index contributed by atoms with van der Waals surface area (Å²) in [5.74, 6) is 0.839. The van der Waals surface area contributed by atoms with Gasteiger partial charge in [-0.25, -0.2) is 0 Å². The molecule has 19 heavy (non-hydrogen) atoms. The van der Waals surface area contributed by atoms with E-state index in [9.17, 15) is 5.11 Å². The van der Waals surface area contributed by atoms with E-state index in [1.54, 1.807) is 0 Å². The Kier molecular flexibility index (Phi) is 4.83. The standard InChI is InChI=1S/C16H25NO2/c1-12(2)19-15-8-4-6-13(10-15)16(18)11-14-7-5-9-17(14)3/h4,6,8,10,12,14,16,18H,5,7,9,11H2,1-3H3. The predicted octanol–water partition coefficient (Wildman–Crippen LogP) is 2.99. The molecule has 3 heteroatoms. The van der Waals surface area contributed by atoms with Crippen LogP contribution in [0.1, 0.15) is 44.8 Å². The van der Waals surface area contributed by atoms with Crippen LogP contribution < -0.4 is 4.74 Å². The highest BCUT2D eigenvalue weighted by Gasteiger charge is 2.24. The smallest absolute Gasteiger partial charge is 0.120 e. The van der Waals surface area contributed by atoms with Crippen LogP contribution in [-0.2, 0) is 0 Å². The maximum atomic E-state index is 10.4. The van der Waals surface area contributed by atoms with Gasteiger partial charge in [0.2, 0.25) is 0 Å². The Labute approximate surface area is 116 Å². The Morgan fingerprint density at radius 1 is 1.42 bits per heavy atom. The highest BCUT2D eigenvalue weighted by atomic mass is 16.5. The van der Waals surface area contributed by atoms with Gasteiger partial charge in [-0.15, -0.1) is 0 Å². The van der Waals surface area contributed by atoms with Crippen molar-refractivity contribution in [2.45, 2.75) is 51.4 Å². The van der Waals surface area contributed by atoms with Gasteiger partial charge < -0.3 is 14.7 Å². The maximum absolute atomic E-state index is 10.4. The molecule has 0 bridgehead atoms. The summed E-state index contributed by atoms with van der Waals surface area (Å²) in [5, 5.41) is 10.4. The highest BCUT2D eigenvalue weighted by molar-refractivity contribution is 5.30. The molecular formula is C16H25NO2. The number of likely N-dealkylation sites (tertiary alicyclic amines) is 1. The van der Waals surface area contributed by atoms with Crippen LogP contribution in [0.25, 0.3) is 0 Å². The Bertz CT molecular complexity index is 405. The summed E-state index contributed by atoms with van der Waals surface area (Å²) in [6.07, 6.45) is 3.00. The SMILES string of the molecule is CC(C)Oc1cccc(C(O)CC2CCCN2C)c1. The van der Waals surface area contributed by atoms with Crippen molar-refractivity contribution in [3.63, 3.8) is 0 Å². The molecule has 1 fully saturated rings. The molecule has 0 aromatic heterocycles. The summed E-state index contributed by atoms with van der Waals surface area (Å²) in [4.78, 5) is 2.34. The van der Waals surface area contributed by atoms with Gasteiger partial charge in [0.05, 0.1) is 12.2 Å². The summed E-state index contributed by atoms with van der Waals surface area (Å²) in [7, 11) is 2.14. The fraction of sp³-hybridized carbons (Fsp3) is 0.625. The molecule has 3 nitrogen and oxygen atoms in total. The summed E-state index contributed by atoms with van der Waals surface area (Å²) in [6, 6.07) is 8.34. The molecule has 0 saturated carbocycles. The van der Waals surface area contributed by atoms with E-state index in [0.717, 1.165) is 24.3 Å². The Morgan fingerprint density at radius 2 is 2.21 bits per heavy atom. The number of nitrogens with zero attached hydrogens (tertiary/aromatic N) is 1. The minimum absolute atomic E-state index is 0.161. The van der Waals surface area contributed by atoms with Crippen molar-refractivity contribution in [2.75, 3.05) is 13.6 Å². The molecule has 1 N–H and O–H groups in total. The van der Waals surface area contributed by atoms with Crippen molar-refractivity contribution in [3.8, 4) is 5.75 Å². The van der Waals surface area contributed by atoms with E-state index in [1.807, 2.05) is 38.1 Å². The molecule has 1 aromatic rings. The lowest BCUT2D eigenvalue weighted by molar-refractivity contribution is 0.129. The topological polar surface area (TPSA) is 32.7 Å². The second kappa shape index (κ2) is 6.40. The van der Waals surface area contributed by atoms with Gasteiger partial charge in [-0.3, -0.25) is 0 Å². The van der Waals surface area contributed by atoms with Gasteiger partial charge in [-0.1, -0.05) is 12.1 Å². The largest absolute Gasteiger partial charge is 0.491 e. The molecule has 0 amide bonds. The number of hydrogen-bond donors (Lipinski definition) is 1. The second-order valence-corrected chi connectivity index (χ2v) is 5.77. The molecule has 0 aliphatic carbocycles. The van der Waals surface area contributed by atoms with Gasteiger partial charge in [0.25, 0.3) is 0 Å². The van der Waals surface area contributed by atoms with Gasteiger partial charge >= 0.3 is 0 Å². The van der Waals surface area contributed by atoms with Gasteiger partial charge in [0.1, 0.15) is 5.75 Å². The molecule has 0 radical (unpaired) electrons. The monoisotopic (exact) mass is 263 g/mol. The van der Waals surface area contributed by atoms with Gasteiger partial charge in [-0.2, -0.15) is 0 Å². The van der Waals surface area contributed by atoms with Crippen molar-refractivity contribution < 1.29 is 9.84 Å². The average molecular weight is 263 g/mol. The van der Waals surface area contributed by atoms with Gasteiger partial charge in [-0.05, 0) is 64.4 Å². The third-order valence-electron chi connectivity index (χ3n) is 3.78. The van der Waals surface area contributed by atoms with Crippen molar-refractivity contribution in [1.29, 1.82) is 0 Å². The number of ether oxygens (including phenoxy) is 1. The molecule has 2 rings (SSSR count). The van der Waals surface area contributed by atoms with E-state index < -0.39 is 6.10 Å². The number of hydrogen-bond acceptors (Lipinski definition) is 3. The first-order chi connectivity index (χ1) is 9.06. The number of benzene rings is 1. The molecule has 106 valence electrons. The van der Waals surface area contributed by atoms with Crippen LogP contribution in [0.4, 0.5) is 0 Å². The van der Waals surface area contributed by atoms with Crippen molar-refractivity contribution in [3.05, 3.63) is 29.8 Å². The molecule has 0 spiro atoms. The number of rotatable bonds is 5. The molecule has 2 unspecified atom stereocenters. The Balaban J connectivity index is 2.00. The molecule has 1 heterocycles. The van der Waals surface area contributed by atoms with Crippen LogP contribution in [0.3, 0.4) is 0 Å². The highest BCUT2D eigenvalue weighted by Crippen LogP contribution is 2.28. The minimum atomic E-state index is -0.402. The molecule has 1 aliphatic rings. The third kappa shape index (κ3) is 3.95. The molecule has 1 saturated heterocycles. The van der Waals surface area contributed by atoms with E-state index in [1.165, 1.54) is 12.8 Å². The van der Waals surface area contributed by atoms with Crippen LogP contribution >= 0.6 is 0 Å². The lowest BCUT2D eigenvalue weighted by Gasteiger charge is -2.23. The van der Waals surface area contributed by atoms with Crippen molar-refractivity contribution in [1.82, 2.24) is 4.90 Å². The molecular weight excluding hydrogens is 238 g/mol. The summed E-state index contributed by atoms with van der Waals surface area (Å²) in [6.45, 7) is 5.17. The van der Waals surface area contributed by atoms with Crippen molar-refractivity contribution >= 4 is 0 Å². The summed E-state index contributed by atoms with van der Waals surface area (Å²) in [5.41, 5.74) is 0.957. The fourth-order valence-corrected chi connectivity index (χ4v) is 2.74. The van der Waals surface area contributed by atoms with Gasteiger partial charge in [0, 0.05) is 6.04 Å². The molecule has 2 atom stereocenters. The average Bonchev–Trinajstić information content (AvgIpc) is 2.74. The first-order valence-electron chi connectivity index (χ1n) is 7.21. The summed E-state index contributed by atoms with van der Waals surface area (Å²) < 4.78 is 5.67. The molecule has 1 aromatic carbocycles. The van der Waals surface area contributed by atoms with Crippen LogP contribution in [0.2, 0.25) is 0 Å². The zero-order chi connectivity index (χ0) is 13.8. The normalized spacial score (nSPS) is 21.8. The first-order valence-corrected chi connectivity index (χ1v) is 7.21. The third-order valence-corrected chi connectivity index (χ3v) is 3.78. The first kappa shape index (κ1) is 14.4. The number of aliphatic hydroxyl groups is 1. The van der Waals surface area contributed by atoms with Crippen LogP contribution in [-0.4, -0.2) is 35.7 Å². The van der Waals surface area contributed by atoms with E-state index in [-0.39, 0.29) is 6.10 Å². The van der Waals surface area contributed by atoms with Crippen LogP contribution in [0.15, 0.2) is 24.3 Å². The van der Waals surface area contributed by atoms with E-state index in [4.69, 9.17) is 4.74 Å². The quantitative estimate of drug-likeness (QED) is 0.886. The second-order valence-electron chi connectivity index (χ2n) is 5.77. The van der Waals surface area contributed by atoms with E-state index in [0.29, 0.717) is 6.04 Å². The zero-order valence-electron chi connectivity index (χ0n) is 12.2. The molecule has 1 aliphatic heterocycles. The van der Waals surface area contributed by atoms with E-state index >= 15 is 0 Å². The Hall–Kier alpha value is -1.06. The minimum Gasteiger partial charge on any atom is -0.491 e. The van der Waals surface area contributed by atoms with Crippen LogP contribution in [0, 0.1) is 0 Å². The zero-order valence-corrected chi connectivity index (χ0v) is 12.2. The lowest BCUT2D eigenvalue weighted by atomic mass is 10.0. The van der Waals surface area contributed by atoms with Gasteiger partial charge in [0.15, 0.2) is 0 Å². The Morgan fingerprint density at radius 3 is 2.84 bits per heavy atom. The van der Waals surface area contributed by atoms with E-state index in [2.05, 4.69) is 11.9 Å². The lowest BCUT2D eigenvalue weighted by Crippen LogP contribution is -2.26. The summed E-state index contributed by atoms with van der Waals surface area (Å²) >= 11 is 0. The predicted molar refractivity (Wildman–Crippen MR) is 77.4 cm³/mol. The van der Waals surface area contributed by atoms with Crippen molar-refractivity contribution in [2.24, 2.45) is 0 Å². The van der Waals surface area contributed by atoms with Crippen LogP contribution in [0.5, 0.6) is 5.75 Å². The maximum Gasteiger partial charge on any atom is 0.120 e.